The number of carboxylic acids is 1. The molecule has 0 aliphatic carbocycles. The summed E-state index contributed by atoms with van der Waals surface area (Å²) in [6.45, 7) is 1.02. The Bertz CT molecular complexity index is 727. The summed E-state index contributed by atoms with van der Waals surface area (Å²) < 4.78 is 0. The predicted molar refractivity (Wildman–Crippen MR) is 109 cm³/mol. The summed E-state index contributed by atoms with van der Waals surface area (Å²) in [4.78, 5) is 54.9. The first-order chi connectivity index (χ1) is 14.7. The van der Waals surface area contributed by atoms with Crippen LogP contribution in [0.4, 0.5) is 0 Å². The normalized spacial score (nSPS) is 14.7. The maximum Gasteiger partial charge on any atom is 0.328 e. The molecule has 13 heteroatoms. The molecule has 0 bridgehead atoms. The number of rotatable bonds is 14. The van der Waals surface area contributed by atoms with E-state index in [1.165, 1.54) is 19.4 Å². The minimum atomic E-state index is -1.50. The van der Waals surface area contributed by atoms with Crippen molar-refractivity contribution in [1.29, 1.82) is 0 Å². The number of aromatic nitrogens is 2. The molecule has 10 N–H and O–H groups in total. The van der Waals surface area contributed by atoms with Crippen LogP contribution < -0.4 is 27.4 Å². The predicted octanol–water partition coefficient (Wildman–Crippen LogP) is -3.04. The van der Waals surface area contributed by atoms with Crippen molar-refractivity contribution in [3.63, 3.8) is 0 Å². The van der Waals surface area contributed by atoms with Gasteiger partial charge in [0.1, 0.15) is 18.1 Å². The highest BCUT2D eigenvalue weighted by atomic mass is 16.4. The second kappa shape index (κ2) is 13.3. The topological polar surface area (TPSA) is 226 Å². The van der Waals surface area contributed by atoms with Crippen LogP contribution in [0.5, 0.6) is 0 Å². The van der Waals surface area contributed by atoms with Gasteiger partial charge in [0.2, 0.25) is 17.7 Å². The van der Waals surface area contributed by atoms with Crippen molar-refractivity contribution in [2.24, 2.45) is 11.5 Å². The van der Waals surface area contributed by atoms with Gasteiger partial charge in [-0.05, 0) is 32.7 Å². The number of carbonyl (C=O) groups excluding carboxylic acids is 3. The third kappa shape index (κ3) is 9.11. The lowest BCUT2D eigenvalue weighted by Crippen LogP contribution is -2.56. The van der Waals surface area contributed by atoms with Crippen molar-refractivity contribution in [1.82, 2.24) is 25.9 Å². The maximum atomic E-state index is 12.5. The van der Waals surface area contributed by atoms with E-state index in [1.807, 2.05) is 0 Å². The van der Waals surface area contributed by atoms with Gasteiger partial charge in [-0.3, -0.25) is 14.4 Å². The Morgan fingerprint density at radius 2 is 1.77 bits per heavy atom. The van der Waals surface area contributed by atoms with E-state index in [0.29, 0.717) is 25.1 Å². The highest BCUT2D eigenvalue weighted by molar-refractivity contribution is 5.93. The van der Waals surface area contributed by atoms with Gasteiger partial charge >= 0.3 is 5.97 Å². The molecule has 3 amide bonds. The van der Waals surface area contributed by atoms with E-state index < -0.39 is 54.5 Å². The molecule has 4 atom stereocenters. The van der Waals surface area contributed by atoms with E-state index in [0.717, 1.165) is 0 Å². The number of amides is 3. The minimum absolute atomic E-state index is 0.196. The van der Waals surface area contributed by atoms with Crippen molar-refractivity contribution in [2.75, 3.05) is 13.2 Å². The number of nitrogens with two attached hydrogens (primary N) is 2. The molecule has 1 aromatic heterocycles. The number of nitrogens with zero attached hydrogens (tertiary/aromatic N) is 1. The van der Waals surface area contributed by atoms with E-state index >= 15 is 0 Å². The number of aliphatic carboxylic acids is 1. The fourth-order valence-corrected chi connectivity index (χ4v) is 2.63. The zero-order valence-electron chi connectivity index (χ0n) is 17.3. The summed E-state index contributed by atoms with van der Waals surface area (Å²) in [6, 6.07) is -4.48. The number of aromatic amines is 1. The van der Waals surface area contributed by atoms with Gasteiger partial charge in [0.25, 0.3) is 0 Å². The zero-order chi connectivity index (χ0) is 23.4. The van der Waals surface area contributed by atoms with Gasteiger partial charge in [-0.2, -0.15) is 0 Å². The van der Waals surface area contributed by atoms with Crippen LogP contribution in [-0.2, 0) is 25.6 Å². The lowest BCUT2D eigenvalue weighted by molar-refractivity contribution is -0.143. The Labute approximate surface area is 179 Å². The molecule has 1 rings (SSSR count). The Morgan fingerprint density at radius 3 is 2.32 bits per heavy atom. The SMILES string of the molecule is CC(NC(=O)C(N)Cc1cnc[nH]1)C(=O)NC(CCCCN)C(=O)NC(CO)C(=O)O. The average molecular weight is 441 g/mol. The Hall–Kier alpha value is -3.03. The van der Waals surface area contributed by atoms with Crippen LogP contribution in [-0.4, -0.2) is 81.2 Å². The Balaban J connectivity index is 2.68. The molecule has 31 heavy (non-hydrogen) atoms. The van der Waals surface area contributed by atoms with Crippen molar-refractivity contribution in [3.05, 3.63) is 18.2 Å². The minimum Gasteiger partial charge on any atom is -0.480 e. The van der Waals surface area contributed by atoms with Gasteiger partial charge in [0.15, 0.2) is 0 Å². The van der Waals surface area contributed by atoms with Gasteiger partial charge in [-0.25, -0.2) is 9.78 Å². The van der Waals surface area contributed by atoms with Crippen molar-refractivity contribution >= 4 is 23.7 Å². The molecule has 0 radical (unpaired) electrons. The van der Waals surface area contributed by atoms with Crippen LogP contribution in [0.1, 0.15) is 31.9 Å². The van der Waals surface area contributed by atoms with Gasteiger partial charge in [0.05, 0.1) is 19.0 Å². The standard InChI is InChI=1S/C18H31N7O6/c1-10(23-16(28)12(20)6-11-7-21-9-22-11)15(27)24-13(4-2-3-5-19)17(29)25-14(8-26)18(30)31/h7,9-10,12-14,26H,2-6,8,19-20H2,1H3,(H,21,22)(H,23,28)(H,24,27)(H,25,29)(H,30,31). The molecular weight excluding hydrogens is 410 g/mol. The van der Waals surface area contributed by atoms with Crippen molar-refractivity contribution in [3.8, 4) is 0 Å². The van der Waals surface area contributed by atoms with Crippen LogP contribution >= 0.6 is 0 Å². The molecule has 174 valence electrons. The molecule has 1 heterocycles. The highest BCUT2D eigenvalue weighted by Gasteiger charge is 2.28. The van der Waals surface area contributed by atoms with Crippen LogP contribution in [0.25, 0.3) is 0 Å². The molecule has 1 aromatic rings. The number of imidazole rings is 1. The summed E-state index contributed by atoms with van der Waals surface area (Å²) in [5.74, 6) is -3.38. The molecular formula is C18H31N7O6. The number of aliphatic hydroxyl groups is 1. The lowest BCUT2D eigenvalue weighted by Gasteiger charge is -2.23. The van der Waals surface area contributed by atoms with E-state index in [-0.39, 0.29) is 12.8 Å². The summed E-state index contributed by atoms with van der Waals surface area (Å²) >= 11 is 0. The molecule has 0 aliphatic rings. The lowest BCUT2D eigenvalue weighted by atomic mass is 10.1. The van der Waals surface area contributed by atoms with Gasteiger partial charge in [0, 0.05) is 18.3 Å². The first-order valence-electron chi connectivity index (χ1n) is 9.87. The average Bonchev–Trinajstić information content (AvgIpc) is 3.23. The number of aliphatic hydroxyl groups excluding tert-OH is 1. The van der Waals surface area contributed by atoms with E-state index in [2.05, 4.69) is 25.9 Å². The summed E-state index contributed by atoms with van der Waals surface area (Å²) in [6.07, 6.45) is 4.48. The second-order valence-corrected chi connectivity index (χ2v) is 7.05. The van der Waals surface area contributed by atoms with Crippen LogP contribution in [0.3, 0.4) is 0 Å². The second-order valence-electron chi connectivity index (χ2n) is 7.05. The summed E-state index contributed by atoms with van der Waals surface area (Å²) in [5.41, 5.74) is 11.9. The van der Waals surface area contributed by atoms with Gasteiger partial charge in [-0.15, -0.1) is 0 Å². The van der Waals surface area contributed by atoms with Crippen molar-refractivity contribution in [2.45, 2.75) is 56.8 Å². The first-order valence-corrected chi connectivity index (χ1v) is 9.87. The first kappa shape index (κ1) is 26.0. The van der Waals surface area contributed by atoms with Gasteiger partial charge in [-0.1, -0.05) is 0 Å². The van der Waals surface area contributed by atoms with E-state index in [1.54, 1.807) is 0 Å². The van der Waals surface area contributed by atoms with Crippen LogP contribution in [0, 0.1) is 0 Å². The Kier molecular flexibility index (Phi) is 11.2. The third-order valence-corrected chi connectivity index (χ3v) is 4.46. The van der Waals surface area contributed by atoms with Crippen LogP contribution in [0.15, 0.2) is 12.5 Å². The molecule has 0 aromatic carbocycles. The summed E-state index contributed by atoms with van der Waals surface area (Å²) in [7, 11) is 0. The van der Waals surface area contributed by atoms with Crippen molar-refractivity contribution < 1.29 is 29.4 Å². The molecule has 0 aliphatic heterocycles. The number of hydrogen-bond acceptors (Lipinski definition) is 8. The molecule has 0 spiro atoms. The third-order valence-electron chi connectivity index (χ3n) is 4.46. The number of carbonyl (C=O) groups is 4. The molecule has 0 saturated heterocycles. The quantitative estimate of drug-likeness (QED) is 0.137. The number of nitrogens with one attached hydrogen (secondary N) is 4. The molecule has 0 fully saturated rings. The number of hydrogen-bond donors (Lipinski definition) is 8. The zero-order valence-corrected chi connectivity index (χ0v) is 17.3. The summed E-state index contributed by atoms with van der Waals surface area (Å²) in [5, 5.41) is 25.2. The number of H-pyrrole nitrogens is 1. The van der Waals surface area contributed by atoms with E-state index in [4.69, 9.17) is 21.7 Å². The molecule has 0 saturated carbocycles. The Morgan fingerprint density at radius 1 is 1.10 bits per heavy atom. The number of unbranched alkanes of at least 4 members (excludes halogenated alkanes) is 1. The highest BCUT2D eigenvalue weighted by Crippen LogP contribution is 2.03. The molecule has 4 unspecified atom stereocenters. The van der Waals surface area contributed by atoms with Gasteiger partial charge < -0.3 is 42.6 Å². The molecule has 13 nitrogen and oxygen atoms in total. The monoisotopic (exact) mass is 441 g/mol. The largest absolute Gasteiger partial charge is 0.480 e. The number of carboxylic acid groups (broad SMARTS) is 1. The fraction of sp³-hybridized carbons (Fsp3) is 0.611. The maximum absolute atomic E-state index is 12.5. The smallest absolute Gasteiger partial charge is 0.328 e. The van der Waals surface area contributed by atoms with E-state index in [9.17, 15) is 19.2 Å². The van der Waals surface area contributed by atoms with Crippen LogP contribution in [0.2, 0.25) is 0 Å². The fourth-order valence-electron chi connectivity index (χ4n) is 2.63.